The van der Waals surface area contributed by atoms with Gasteiger partial charge in [-0.25, -0.2) is 0 Å². The first kappa shape index (κ1) is 20.3. The van der Waals surface area contributed by atoms with E-state index in [9.17, 15) is 4.79 Å². The van der Waals surface area contributed by atoms with E-state index in [4.69, 9.17) is 4.74 Å². The average Bonchev–Trinajstić information content (AvgIpc) is 2.67. The lowest BCUT2D eigenvalue weighted by atomic mass is 9.81. The van der Waals surface area contributed by atoms with Crippen molar-refractivity contribution in [3.63, 3.8) is 0 Å². The number of benzene rings is 1. The number of unbranched alkanes of at least 4 members (excludes halogenated alkanes) is 5. The van der Waals surface area contributed by atoms with Crippen LogP contribution in [0.3, 0.4) is 0 Å². The molecule has 0 N–H and O–H groups in total. The molecule has 1 aromatic carbocycles. The molecular formula is C24H35NO2. The third-order valence-corrected chi connectivity index (χ3v) is 6.17. The van der Waals surface area contributed by atoms with Crippen molar-refractivity contribution >= 4 is 5.78 Å². The molecule has 148 valence electrons. The van der Waals surface area contributed by atoms with Gasteiger partial charge in [0.25, 0.3) is 0 Å². The monoisotopic (exact) mass is 369 g/mol. The van der Waals surface area contributed by atoms with Crippen LogP contribution in [0.4, 0.5) is 0 Å². The average molecular weight is 370 g/mol. The number of ether oxygens (including phenoxy) is 1. The number of allylic oxidation sites excluding steroid dienone is 1. The molecule has 27 heavy (non-hydrogen) atoms. The summed E-state index contributed by atoms with van der Waals surface area (Å²) < 4.78 is 5.82. The summed E-state index contributed by atoms with van der Waals surface area (Å²) >= 11 is 0. The maximum atomic E-state index is 12.8. The van der Waals surface area contributed by atoms with Crippen LogP contribution >= 0.6 is 0 Å². The Kier molecular flexibility index (Phi) is 8.10. The van der Waals surface area contributed by atoms with E-state index in [2.05, 4.69) is 41.8 Å². The molecule has 2 heterocycles. The zero-order valence-corrected chi connectivity index (χ0v) is 16.7. The molecule has 0 aliphatic carbocycles. The Labute approximate surface area is 164 Å². The minimum Gasteiger partial charge on any atom is -0.378 e. The number of ketones is 1. The molecule has 0 aromatic heterocycles. The largest absolute Gasteiger partial charge is 0.378 e. The van der Waals surface area contributed by atoms with Crippen molar-refractivity contribution in [1.29, 1.82) is 0 Å². The van der Waals surface area contributed by atoms with Gasteiger partial charge in [-0.2, -0.15) is 0 Å². The smallest absolute Gasteiger partial charge is 0.136 e. The van der Waals surface area contributed by atoms with Crippen LogP contribution in [0.2, 0.25) is 0 Å². The summed E-state index contributed by atoms with van der Waals surface area (Å²) in [4.78, 5) is 15.3. The standard InChI is InChI=1S/C24H35NO2/c1-2-3-4-5-6-7-11-14-24(26)21-15-22-18-27-19-23(16-21)25(22)17-20-12-9-8-10-13-20/h2,8-10,12-13,21-23H,1,3-7,11,14-19H2. The first-order valence-electron chi connectivity index (χ1n) is 10.8. The number of carbonyl (C=O) groups is 1. The van der Waals surface area contributed by atoms with E-state index in [1.165, 1.54) is 31.2 Å². The fourth-order valence-electron chi connectivity index (χ4n) is 4.63. The minimum atomic E-state index is 0.247. The summed E-state index contributed by atoms with van der Waals surface area (Å²) in [6.07, 6.45) is 11.8. The summed E-state index contributed by atoms with van der Waals surface area (Å²) in [7, 11) is 0. The molecule has 3 heteroatoms. The quantitative estimate of drug-likeness (QED) is 0.399. The number of piperidine rings is 1. The molecular weight excluding hydrogens is 334 g/mol. The molecule has 0 amide bonds. The molecule has 2 bridgehead atoms. The van der Waals surface area contributed by atoms with Gasteiger partial charge in [-0.1, -0.05) is 55.7 Å². The van der Waals surface area contributed by atoms with E-state index in [1.54, 1.807) is 0 Å². The molecule has 2 atom stereocenters. The number of hydrogen-bond donors (Lipinski definition) is 0. The summed E-state index contributed by atoms with van der Waals surface area (Å²) in [5.41, 5.74) is 1.36. The van der Waals surface area contributed by atoms with Crippen molar-refractivity contribution in [2.45, 2.75) is 76.4 Å². The van der Waals surface area contributed by atoms with Crippen molar-refractivity contribution in [2.75, 3.05) is 13.2 Å². The number of rotatable bonds is 11. The number of Topliss-reactive ketones (excluding diaryl/α,β-unsaturated/α-hetero) is 1. The first-order valence-corrected chi connectivity index (χ1v) is 10.8. The molecule has 2 saturated heterocycles. The van der Waals surface area contributed by atoms with Crippen molar-refractivity contribution < 1.29 is 9.53 Å². The summed E-state index contributed by atoms with van der Waals surface area (Å²) in [6, 6.07) is 11.5. The molecule has 2 unspecified atom stereocenters. The second-order valence-corrected chi connectivity index (χ2v) is 8.23. The van der Waals surface area contributed by atoms with E-state index in [-0.39, 0.29) is 5.92 Å². The highest BCUT2D eigenvalue weighted by molar-refractivity contribution is 5.81. The zero-order valence-electron chi connectivity index (χ0n) is 16.7. The number of hydrogen-bond acceptors (Lipinski definition) is 3. The van der Waals surface area contributed by atoms with Crippen LogP contribution in [0, 0.1) is 5.92 Å². The maximum absolute atomic E-state index is 12.8. The van der Waals surface area contributed by atoms with E-state index in [0.29, 0.717) is 17.9 Å². The third-order valence-electron chi connectivity index (χ3n) is 6.17. The Bertz CT molecular complexity index is 571. The lowest BCUT2D eigenvalue weighted by Gasteiger charge is -2.48. The number of fused-ring (bicyclic) bond motifs is 2. The molecule has 0 spiro atoms. The molecule has 3 nitrogen and oxygen atoms in total. The first-order chi connectivity index (χ1) is 13.3. The topological polar surface area (TPSA) is 29.5 Å². The Morgan fingerprint density at radius 2 is 1.70 bits per heavy atom. The fraction of sp³-hybridized carbons (Fsp3) is 0.625. The van der Waals surface area contributed by atoms with E-state index < -0.39 is 0 Å². The molecule has 1 aromatic rings. The molecule has 3 rings (SSSR count). The predicted molar refractivity (Wildman–Crippen MR) is 111 cm³/mol. The molecule has 2 aliphatic rings. The Balaban J connectivity index is 1.43. The Morgan fingerprint density at radius 3 is 2.41 bits per heavy atom. The second kappa shape index (κ2) is 10.8. The summed E-state index contributed by atoms with van der Waals surface area (Å²) in [5, 5.41) is 0. The van der Waals surface area contributed by atoms with Gasteiger partial charge in [-0.05, 0) is 37.7 Å². The van der Waals surface area contributed by atoms with Crippen LogP contribution in [0.25, 0.3) is 0 Å². The molecule has 0 radical (unpaired) electrons. The van der Waals surface area contributed by atoms with Gasteiger partial charge in [0.1, 0.15) is 5.78 Å². The van der Waals surface area contributed by atoms with Gasteiger partial charge in [0.2, 0.25) is 0 Å². The van der Waals surface area contributed by atoms with Crippen LogP contribution in [-0.2, 0) is 16.1 Å². The predicted octanol–water partition coefficient (Wildman–Crippen LogP) is 5.15. The van der Waals surface area contributed by atoms with Crippen LogP contribution in [-0.4, -0.2) is 36.0 Å². The van der Waals surface area contributed by atoms with Gasteiger partial charge < -0.3 is 4.74 Å². The van der Waals surface area contributed by atoms with E-state index >= 15 is 0 Å². The highest BCUT2D eigenvalue weighted by Crippen LogP contribution is 2.34. The molecule has 2 aliphatic heterocycles. The van der Waals surface area contributed by atoms with Gasteiger partial charge in [0, 0.05) is 31.0 Å². The van der Waals surface area contributed by atoms with Crippen LogP contribution < -0.4 is 0 Å². The van der Waals surface area contributed by atoms with Gasteiger partial charge in [0.05, 0.1) is 13.2 Å². The van der Waals surface area contributed by atoms with E-state index in [0.717, 1.165) is 51.9 Å². The number of nitrogens with zero attached hydrogens (tertiary/aromatic N) is 1. The van der Waals surface area contributed by atoms with Crippen molar-refractivity contribution in [3.8, 4) is 0 Å². The van der Waals surface area contributed by atoms with Gasteiger partial charge in [-0.3, -0.25) is 9.69 Å². The second-order valence-electron chi connectivity index (χ2n) is 8.23. The lowest BCUT2D eigenvalue weighted by molar-refractivity contribution is -0.133. The zero-order chi connectivity index (χ0) is 18.9. The highest BCUT2D eigenvalue weighted by Gasteiger charge is 2.40. The summed E-state index contributed by atoms with van der Waals surface area (Å²) in [5.74, 6) is 0.744. The number of morpholine rings is 1. The number of carbonyl (C=O) groups excluding carboxylic acids is 1. The fourth-order valence-corrected chi connectivity index (χ4v) is 4.63. The van der Waals surface area contributed by atoms with Crippen LogP contribution in [0.15, 0.2) is 43.0 Å². The third kappa shape index (κ3) is 6.02. The normalized spacial score (nSPS) is 25.3. The van der Waals surface area contributed by atoms with Crippen molar-refractivity contribution in [3.05, 3.63) is 48.6 Å². The van der Waals surface area contributed by atoms with E-state index in [1.807, 2.05) is 6.08 Å². The van der Waals surface area contributed by atoms with Crippen molar-refractivity contribution in [2.24, 2.45) is 5.92 Å². The SMILES string of the molecule is C=CCCCCCCCC(=O)C1CC2COCC(C1)N2Cc1ccccc1. The van der Waals surface area contributed by atoms with Gasteiger partial charge in [0.15, 0.2) is 0 Å². The van der Waals surface area contributed by atoms with Gasteiger partial charge in [-0.15, -0.1) is 6.58 Å². The minimum absolute atomic E-state index is 0.247. The Morgan fingerprint density at radius 1 is 1.04 bits per heavy atom. The Hall–Kier alpha value is -1.45. The molecule has 2 fully saturated rings. The summed E-state index contributed by atoms with van der Waals surface area (Å²) in [6.45, 7) is 6.29. The van der Waals surface area contributed by atoms with Crippen LogP contribution in [0.5, 0.6) is 0 Å². The highest BCUT2D eigenvalue weighted by atomic mass is 16.5. The molecule has 0 saturated carbocycles. The van der Waals surface area contributed by atoms with Crippen molar-refractivity contribution in [1.82, 2.24) is 4.90 Å². The lowest BCUT2D eigenvalue weighted by Crippen LogP contribution is -2.57. The maximum Gasteiger partial charge on any atom is 0.136 e. The van der Waals surface area contributed by atoms with Gasteiger partial charge >= 0.3 is 0 Å². The van der Waals surface area contributed by atoms with Crippen LogP contribution in [0.1, 0.15) is 63.4 Å².